The van der Waals surface area contributed by atoms with E-state index in [4.69, 9.17) is 0 Å². The number of rotatable bonds is 3. The molecule has 0 bridgehead atoms. The molecular formula is C14H16N2OS. The lowest BCUT2D eigenvalue weighted by Gasteiger charge is -2.18. The number of imidazole rings is 1. The Morgan fingerprint density at radius 1 is 1.39 bits per heavy atom. The number of aliphatic hydroxyl groups is 1. The normalized spacial score (nSPS) is 13.8. The highest BCUT2D eigenvalue weighted by molar-refractivity contribution is 7.23. The molecule has 0 saturated heterocycles. The molecule has 0 saturated carbocycles. The Morgan fingerprint density at radius 2 is 2.22 bits per heavy atom. The molecule has 1 unspecified atom stereocenters. The number of hydrogen-bond acceptors (Lipinski definition) is 3. The fourth-order valence-electron chi connectivity index (χ4n) is 2.39. The minimum absolute atomic E-state index is 0.200. The molecule has 2 heterocycles. The van der Waals surface area contributed by atoms with Gasteiger partial charge in [0.1, 0.15) is 0 Å². The van der Waals surface area contributed by atoms with E-state index in [1.807, 2.05) is 12.4 Å². The number of aliphatic hydroxyl groups excluding tert-OH is 1. The average molecular weight is 260 g/mol. The largest absolute Gasteiger partial charge is 0.396 e. The second-order valence-electron chi connectivity index (χ2n) is 4.94. The van der Waals surface area contributed by atoms with Crippen molar-refractivity contribution in [2.75, 3.05) is 6.61 Å². The van der Waals surface area contributed by atoms with Crippen molar-refractivity contribution in [2.24, 2.45) is 5.92 Å². The lowest BCUT2D eigenvalue weighted by atomic mass is 9.89. The van der Waals surface area contributed by atoms with Gasteiger partial charge in [-0.05, 0) is 23.6 Å². The highest BCUT2D eigenvalue weighted by Crippen LogP contribution is 2.31. The van der Waals surface area contributed by atoms with Gasteiger partial charge in [-0.2, -0.15) is 0 Å². The van der Waals surface area contributed by atoms with Crippen molar-refractivity contribution in [1.29, 1.82) is 0 Å². The number of aromatic nitrogens is 2. The van der Waals surface area contributed by atoms with Crippen LogP contribution in [0.4, 0.5) is 0 Å². The summed E-state index contributed by atoms with van der Waals surface area (Å²) >= 11 is 1.69. The summed E-state index contributed by atoms with van der Waals surface area (Å²) in [6.07, 6.45) is 3.81. The topological polar surface area (TPSA) is 37.5 Å². The molecule has 1 aromatic carbocycles. The van der Waals surface area contributed by atoms with Crippen molar-refractivity contribution in [3.8, 4) is 0 Å². The first-order valence-corrected chi connectivity index (χ1v) is 6.98. The van der Waals surface area contributed by atoms with Crippen LogP contribution in [0.1, 0.15) is 25.3 Å². The van der Waals surface area contributed by atoms with Crippen LogP contribution in [0.25, 0.3) is 15.2 Å². The fourth-order valence-corrected chi connectivity index (χ4v) is 3.42. The van der Waals surface area contributed by atoms with Gasteiger partial charge < -0.3 is 5.11 Å². The van der Waals surface area contributed by atoms with Crippen molar-refractivity contribution in [1.82, 2.24) is 9.38 Å². The van der Waals surface area contributed by atoms with Crippen LogP contribution in [0.3, 0.4) is 0 Å². The van der Waals surface area contributed by atoms with Gasteiger partial charge >= 0.3 is 0 Å². The van der Waals surface area contributed by atoms with E-state index in [0.29, 0.717) is 5.92 Å². The third-order valence-electron chi connectivity index (χ3n) is 3.48. The minimum atomic E-state index is 0.200. The van der Waals surface area contributed by atoms with E-state index in [2.05, 4.69) is 41.4 Å². The van der Waals surface area contributed by atoms with E-state index in [1.54, 1.807) is 11.3 Å². The Labute approximate surface area is 110 Å². The quantitative estimate of drug-likeness (QED) is 0.784. The zero-order valence-electron chi connectivity index (χ0n) is 10.5. The van der Waals surface area contributed by atoms with E-state index in [-0.39, 0.29) is 12.5 Å². The summed E-state index contributed by atoms with van der Waals surface area (Å²) in [6.45, 7) is 4.49. The first-order chi connectivity index (χ1) is 8.70. The second-order valence-corrected chi connectivity index (χ2v) is 5.95. The summed E-state index contributed by atoms with van der Waals surface area (Å²) in [5.41, 5.74) is 2.40. The van der Waals surface area contributed by atoms with E-state index < -0.39 is 0 Å². The second kappa shape index (κ2) is 4.37. The minimum Gasteiger partial charge on any atom is -0.396 e. The highest BCUT2D eigenvalue weighted by atomic mass is 32.1. The Morgan fingerprint density at radius 3 is 2.94 bits per heavy atom. The Balaban J connectivity index is 2.15. The molecule has 94 valence electrons. The van der Waals surface area contributed by atoms with Crippen LogP contribution >= 0.6 is 11.3 Å². The lowest BCUT2D eigenvalue weighted by Crippen LogP contribution is -2.10. The summed E-state index contributed by atoms with van der Waals surface area (Å²) < 4.78 is 3.34. The van der Waals surface area contributed by atoms with Crippen molar-refractivity contribution >= 4 is 26.5 Å². The highest BCUT2D eigenvalue weighted by Gasteiger charge is 2.16. The van der Waals surface area contributed by atoms with Gasteiger partial charge in [-0.25, -0.2) is 4.98 Å². The smallest absolute Gasteiger partial charge is 0.194 e. The predicted octanol–water partition coefficient (Wildman–Crippen LogP) is 3.28. The molecule has 4 heteroatoms. The molecule has 1 atom stereocenters. The molecule has 1 N–H and O–H groups in total. The van der Waals surface area contributed by atoms with Crippen molar-refractivity contribution in [2.45, 2.75) is 19.8 Å². The molecule has 3 nitrogen and oxygen atoms in total. The maximum Gasteiger partial charge on any atom is 0.194 e. The Hall–Kier alpha value is -1.39. The molecule has 0 aliphatic rings. The van der Waals surface area contributed by atoms with Gasteiger partial charge in [-0.15, -0.1) is 0 Å². The van der Waals surface area contributed by atoms with Gasteiger partial charge in [0.05, 0.1) is 16.8 Å². The van der Waals surface area contributed by atoms with Crippen LogP contribution in [0.15, 0.2) is 30.6 Å². The van der Waals surface area contributed by atoms with Crippen LogP contribution < -0.4 is 0 Å². The molecule has 18 heavy (non-hydrogen) atoms. The average Bonchev–Trinajstić information content (AvgIpc) is 2.88. The van der Waals surface area contributed by atoms with Crippen LogP contribution in [0.5, 0.6) is 0 Å². The molecule has 0 amide bonds. The summed E-state index contributed by atoms with van der Waals surface area (Å²) in [5.74, 6) is 0.653. The molecule has 0 aliphatic heterocycles. The van der Waals surface area contributed by atoms with Gasteiger partial charge in [-0.3, -0.25) is 4.40 Å². The van der Waals surface area contributed by atoms with Gasteiger partial charge in [0.25, 0.3) is 0 Å². The van der Waals surface area contributed by atoms with E-state index in [9.17, 15) is 5.11 Å². The van der Waals surface area contributed by atoms with Crippen LogP contribution in [-0.4, -0.2) is 21.1 Å². The molecule has 3 rings (SSSR count). The molecule has 0 radical (unpaired) electrons. The number of thiazole rings is 1. The Kier molecular flexibility index (Phi) is 2.84. The molecule has 0 spiro atoms. The molecule has 2 aromatic heterocycles. The van der Waals surface area contributed by atoms with Crippen molar-refractivity contribution in [3.05, 3.63) is 36.2 Å². The van der Waals surface area contributed by atoms with Crippen LogP contribution in [-0.2, 0) is 0 Å². The maximum atomic E-state index is 9.51. The first kappa shape index (κ1) is 11.7. The standard InChI is InChI=1S/C14H16N2OS/c1-9(2)11(8-17)10-3-4-12-13(7-10)18-14-15-5-6-16(12)14/h3-7,9,11,17H,8H2,1-2H3. The van der Waals surface area contributed by atoms with E-state index >= 15 is 0 Å². The number of hydrogen-bond donors (Lipinski definition) is 1. The Bertz CT molecular complexity index is 683. The number of benzene rings is 1. The lowest BCUT2D eigenvalue weighted by molar-refractivity contribution is 0.237. The molecular weight excluding hydrogens is 244 g/mol. The van der Waals surface area contributed by atoms with E-state index in [1.165, 1.54) is 15.8 Å². The zero-order chi connectivity index (χ0) is 12.7. The summed E-state index contributed by atoms with van der Waals surface area (Å²) in [7, 11) is 0. The summed E-state index contributed by atoms with van der Waals surface area (Å²) in [4.78, 5) is 5.34. The van der Waals surface area contributed by atoms with Gasteiger partial charge in [-0.1, -0.05) is 31.3 Å². The summed E-state index contributed by atoms with van der Waals surface area (Å²) in [5, 5.41) is 9.51. The molecule has 3 aromatic rings. The third-order valence-corrected chi connectivity index (χ3v) is 4.51. The fraction of sp³-hybridized carbons (Fsp3) is 0.357. The van der Waals surface area contributed by atoms with Crippen molar-refractivity contribution in [3.63, 3.8) is 0 Å². The van der Waals surface area contributed by atoms with Crippen LogP contribution in [0, 0.1) is 5.92 Å². The number of fused-ring (bicyclic) bond motifs is 3. The molecule has 0 fully saturated rings. The van der Waals surface area contributed by atoms with Gasteiger partial charge in [0.15, 0.2) is 4.96 Å². The SMILES string of the molecule is CC(C)C(CO)c1ccc2c(c1)sc1nccn12. The zero-order valence-corrected chi connectivity index (χ0v) is 11.3. The third kappa shape index (κ3) is 1.72. The van der Waals surface area contributed by atoms with Gasteiger partial charge in [0.2, 0.25) is 0 Å². The van der Waals surface area contributed by atoms with E-state index in [0.717, 1.165) is 4.96 Å². The van der Waals surface area contributed by atoms with Gasteiger partial charge in [0, 0.05) is 18.3 Å². The first-order valence-electron chi connectivity index (χ1n) is 6.17. The maximum absolute atomic E-state index is 9.51. The molecule has 0 aliphatic carbocycles. The predicted molar refractivity (Wildman–Crippen MR) is 75.2 cm³/mol. The number of nitrogens with zero attached hydrogens (tertiary/aromatic N) is 2. The van der Waals surface area contributed by atoms with Crippen molar-refractivity contribution < 1.29 is 5.11 Å². The summed E-state index contributed by atoms with van der Waals surface area (Å²) in [6, 6.07) is 6.44. The van der Waals surface area contributed by atoms with Crippen LogP contribution in [0.2, 0.25) is 0 Å². The monoisotopic (exact) mass is 260 g/mol.